The van der Waals surface area contributed by atoms with E-state index in [1.807, 2.05) is 49.4 Å². The maximum Gasteiger partial charge on any atom is 0.174 e. The summed E-state index contributed by atoms with van der Waals surface area (Å²) in [5, 5.41) is 2.00. The standard InChI is InChI=1S/C21H24O2/c1-13(2)16-12-11-14(3)19(20(16)22)21(23)18-10-6-8-15-7-4-5-9-17(15)18/h4-10,13-14,16,19H,11-12H2,1-3H3/t14-,16-,19+/m0/s1. The SMILES string of the molecule is CC(C)[C@@H]1CC[C@H](C)[C@@H](C(=O)c2cccc3ccccc23)C1=O. The zero-order valence-corrected chi connectivity index (χ0v) is 14.1. The molecule has 1 aliphatic carbocycles. The summed E-state index contributed by atoms with van der Waals surface area (Å²) in [6.07, 6.45) is 1.87. The van der Waals surface area contributed by atoms with Crippen LogP contribution in [0.4, 0.5) is 0 Å². The molecule has 0 aromatic heterocycles. The van der Waals surface area contributed by atoms with E-state index in [0.717, 1.165) is 23.6 Å². The number of hydrogen-bond acceptors (Lipinski definition) is 2. The van der Waals surface area contributed by atoms with Gasteiger partial charge in [-0.3, -0.25) is 9.59 Å². The van der Waals surface area contributed by atoms with E-state index in [1.54, 1.807) is 0 Å². The molecule has 0 N–H and O–H groups in total. The van der Waals surface area contributed by atoms with Crippen LogP contribution in [0, 0.1) is 23.7 Å². The molecule has 120 valence electrons. The topological polar surface area (TPSA) is 34.1 Å². The lowest BCUT2D eigenvalue weighted by atomic mass is 9.68. The summed E-state index contributed by atoms with van der Waals surface area (Å²) < 4.78 is 0. The number of fused-ring (bicyclic) bond motifs is 1. The number of ketones is 2. The third-order valence-electron chi connectivity index (χ3n) is 5.32. The Hall–Kier alpha value is -1.96. The van der Waals surface area contributed by atoms with Crippen molar-refractivity contribution in [1.29, 1.82) is 0 Å². The summed E-state index contributed by atoms with van der Waals surface area (Å²) >= 11 is 0. The van der Waals surface area contributed by atoms with Gasteiger partial charge in [-0.25, -0.2) is 0 Å². The molecule has 0 saturated heterocycles. The molecule has 0 bridgehead atoms. The first-order valence-electron chi connectivity index (χ1n) is 8.56. The second-order valence-corrected chi connectivity index (χ2v) is 7.18. The number of carbonyl (C=O) groups is 2. The van der Waals surface area contributed by atoms with Gasteiger partial charge in [-0.2, -0.15) is 0 Å². The highest BCUT2D eigenvalue weighted by Gasteiger charge is 2.41. The Kier molecular flexibility index (Phi) is 4.34. The van der Waals surface area contributed by atoms with Crippen molar-refractivity contribution in [3.8, 4) is 0 Å². The molecule has 3 atom stereocenters. The molecule has 0 aliphatic heterocycles. The zero-order valence-electron chi connectivity index (χ0n) is 14.1. The summed E-state index contributed by atoms with van der Waals surface area (Å²) in [7, 11) is 0. The van der Waals surface area contributed by atoms with Crippen LogP contribution >= 0.6 is 0 Å². The fraction of sp³-hybridized carbons (Fsp3) is 0.429. The fourth-order valence-corrected chi connectivity index (χ4v) is 3.92. The highest BCUT2D eigenvalue weighted by Crippen LogP contribution is 2.37. The number of rotatable bonds is 3. The van der Waals surface area contributed by atoms with Crippen molar-refractivity contribution in [2.75, 3.05) is 0 Å². The summed E-state index contributed by atoms with van der Waals surface area (Å²) in [6, 6.07) is 13.7. The average molecular weight is 308 g/mol. The minimum Gasteiger partial charge on any atom is -0.299 e. The molecule has 2 heteroatoms. The Labute approximate surface area is 137 Å². The van der Waals surface area contributed by atoms with Crippen molar-refractivity contribution in [1.82, 2.24) is 0 Å². The molecule has 0 spiro atoms. The van der Waals surface area contributed by atoms with Gasteiger partial charge in [0.1, 0.15) is 5.78 Å². The van der Waals surface area contributed by atoms with E-state index in [-0.39, 0.29) is 23.4 Å². The average Bonchev–Trinajstić information content (AvgIpc) is 2.53. The molecule has 1 fully saturated rings. The normalized spacial score (nSPS) is 25.0. The van der Waals surface area contributed by atoms with E-state index in [4.69, 9.17) is 0 Å². The Morgan fingerprint density at radius 3 is 2.48 bits per heavy atom. The lowest BCUT2D eigenvalue weighted by Gasteiger charge is -2.34. The fourth-order valence-electron chi connectivity index (χ4n) is 3.92. The Bertz CT molecular complexity index is 739. The maximum absolute atomic E-state index is 13.2. The number of carbonyl (C=O) groups excluding carboxylic acids is 2. The van der Waals surface area contributed by atoms with E-state index >= 15 is 0 Å². The molecule has 3 rings (SSSR count). The molecular formula is C21H24O2. The van der Waals surface area contributed by atoms with Crippen LogP contribution in [0.25, 0.3) is 10.8 Å². The molecule has 2 nitrogen and oxygen atoms in total. The van der Waals surface area contributed by atoms with Crippen molar-refractivity contribution >= 4 is 22.3 Å². The minimum atomic E-state index is -0.484. The zero-order chi connectivity index (χ0) is 16.6. The van der Waals surface area contributed by atoms with Gasteiger partial charge in [0.05, 0.1) is 5.92 Å². The maximum atomic E-state index is 13.2. The van der Waals surface area contributed by atoms with Gasteiger partial charge in [-0.15, -0.1) is 0 Å². The molecule has 0 unspecified atom stereocenters. The number of hydrogen-bond donors (Lipinski definition) is 0. The van der Waals surface area contributed by atoms with Gasteiger partial charge in [0.2, 0.25) is 0 Å². The van der Waals surface area contributed by atoms with E-state index in [2.05, 4.69) is 13.8 Å². The van der Waals surface area contributed by atoms with Gasteiger partial charge >= 0.3 is 0 Å². The van der Waals surface area contributed by atoms with Crippen LogP contribution in [0.2, 0.25) is 0 Å². The summed E-state index contributed by atoms with van der Waals surface area (Å²) in [6.45, 7) is 6.21. The second-order valence-electron chi connectivity index (χ2n) is 7.18. The molecular weight excluding hydrogens is 284 g/mol. The van der Waals surface area contributed by atoms with Gasteiger partial charge in [-0.05, 0) is 35.4 Å². The van der Waals surface area contributed by atoms with Gasteiger partial charge in [0.25, 0.3) is 0 Å². The van der Waals surface area contributed by atoms with Crippen LogP contribution in [0.1, 0.15) is 44.0 Å². The molecule has 0 heterocycles. The predicted octanol–water partition coefficient (Wildman–Crippen LogP) is 4.91. The lowest BCUT2D eigenvalue weighted by Crippen LogP contribution is -2.41. The first-order chi connectivity index (χ1) is 11.0. The van der Waals surface area contributed by atoms with Gasteiger partial charge in [0, 0.05) is 11.5 Å². The van der Waals surface area contributed by atoms with E-state index < -0.39 is 5.92 Å². The van der Waals surface area contributed by atoms with Crippen LogP contribution in [0.3, 0.4) is 0 Å². The first kappa shape index (κ1) is 15.9. The van der Waals surface area contributed by atoms with Crippen molar-refractivity contribution in [3.63, 3.8) is 0 Å². The Balaban J connectivity index is 2.02. The summed E-state index contributed by atoms with van der Waals surface area (Å²) in [5.74, 6) is 0.125. The first-order valence-corrected chi connectivity index (χ1v) is 8.56. The molecule has 2 aromatic carbocycles. The number of benzene rings is 2. The molecule has 0 amide bonds. The summed E-state index contributed by atoms with van der Waals surface area (Å²) in [5.41, 5.74) is 0.692. The molecule has 1 aliphatic rings. The van der Waals surface area contributed by atoms with E-state index in [1.165, 1.54) is 0 Å². The smallest absolute Gasteiger partial charge is 0.174 e. The van der Waals surface area contributed by atoms with Crippen molar-refractivity contribution in [2.24, 2.45) is 23.7 Å². The minimum absolute atomic E-state index is 0.00431. The third kappa shape index (κ3) is 2.83. The highest BCUT2D eigenvalue weighted by molar-refractivity contribution is 6.17. The molecule has 1 saturated carbocycles. The third-order valence-corrected chi connectivity index (χ3v) is 5.32. The predicted molar refractivity (Wildman–Crippen MR) is 93.5 cm³/mol. The number of Topliss-reactive ketones (excluding diaryl/α,β-unsaturated/α-hetero) is 2. The van der Waals surface area contributed by atoms with Gasteiger partial charge in [-0.1, -0.05) is 63.2 Å². The van der Waals surface area contributed by atoms with Crippen LogP contribution in [-0.4, -0.2) is 11.6 Å². The molecule has 0 radical (unpaired) electrons. The van der Waals surface area contributed by atoms with Gasteiger partial charge in [0.15, 0.2) is 5.78 Å². The Morgan fingerprint density at radius 1 is 1.04 bits per heavy atom. The monoisotopic (exact) mass is 308 g/mol. The largest absolute Gasteiger partial charge is 0.299 e. The molecule has 23 heavy (non-hydrogen) atoms. The van der Waals surface area contributed by atoms with Crippen LogP contribution in [-0.2, 0) is 4.79 Å². The molecule has 2 aromatic rings. The lowest BCUT2D eigenvalue weighted by molar-refractivity contribution is -0.130. The highest BCUT2D eigenvalue weighted by atomic mass is 16.2. The Morgan fingerprint density at radius 2 is 1.74 bits per heavy atom. The van der Waals surface area contributed by atoms with E-state index in [9.17, 15) is 9.59 Å². The quantitative estimate of drug-likeness (QED) is 0.596. The van der Waals surface area contributed by atoms with Crippen LogP contribution in [0.15, 0.2) is 42.5 Å². The van der Waals surface area contributed by atoms with E-state index in [0.29, 0.717) is 11.5 Å². The summed E-state index contributed by atoms with van der Waals surface area (Å²) in [4.78, 5) is 26.1. The van der Waals surface area contributed by atoms with Crippen molar-refractivity contribution in [3.05, 3.63) is 48.0 Å². The van der Waals surface area contributed by atoms with Crippen LogP contribution in [0.5, 0.6) is 0 Å². The van der Waals surface area contributed by atoms with Gasteiger partial charge < -0.3 is 0 Å². The van der Waals surface area contributed by atoms with Crippen molar-refractivity contribution < 1.29 is 9.59 Å². The van der Waals surface area contributed by atoms with Crippen LogP contribution < -0.4 is 0 Å². The van der Waals surface area contributed by atoms with Crippen molar-refractivity contribution in [2.45, 2.75) is 33.6 Å². The second kappa shape index (κ2) is 6.27.